The van der Waals surface area contributed by atoms with Crippen LogP contribution in [-0.2, 0) is 4.79 Å². The van der Waals surface area contributed by atoms with Gasteiger partial charge in [-0.3, -0.25) is 9.59 Å². The van der Waals surface area contributed by atoms with E-state index >= 15 is 0 Å². The summed E-state index contributed by atoms with van der Waals surface area (Å²) < 4.78 is 5.81. The Balaban J connectivity index is 2.82. The first-order chi connectivity index (χ1) is 8.86. The van der Waals surface area contributed by atoms with Crippen LogP contribution in [0.4, 0.5) is 0 Å². The van der Waals surface area contributed by atoms with Gasteiger partial charge in [-0.15, -0.1) is 0 Å². The fourth-order valence-electron chi connectivity index (χ4n) is 1.44. The highest BCUT2D eigenvalue weighted by atomic mass is 79.9. The largest absolute Gasteiger partial charge is 0.496 e. The van der Waals surface area contributed by atoms with Gasteiger partial charge in [0.05, 0.1) is 18.1 Å². The Kier molecular flexibility index (Phi) is 5.35. The van der Waals surface area contributed by atoms with Gasteiger partial charge in [0.15, 0.2) is 0 Å². The Hall–Kier alpha value is -1.56. The number of benzene rings is 1. The smallest absolute Gasteiger partial charge is 0.254 e. The number of carbonyl (C=O) groups excluding carboxylic acids is 2. The van der Waals surface area contributed by atoms with E-state index in [1.54, 1.807) is 46.5 Å². The summed E-state index contributed by atoms with van der Waals surface area (Å²) in [5, 5.41) is 0. The average Bonchev–Trinajstić information content (AvgIpc) is 2.37. The number of hydrogen-bond acceptors (Lipinski definition) is 3. The van der Waals surface area contributed by atoms with Crippen LogP contribution in [0.15, 0.2) is 22.7 Å². The molecule has 0 aliphatic rings. The molecular weight excluding hydrogens is 312 g/mol. The van der Waals surface area contributed by atoms with Gasteiger partial charge in [-0.25, -0.2) is 0 Å². The number of halogens is 1. The molecule has 0 heterocycles. The minimum Gasteiger partial charge on any atom is -0.496 e. The van der Waals surface area contributed by atoms with E-state index < -0.39 is 0 Å². The summed E-state index contributed by atoms with van der Waals surface area (Å²) in [6.07, 6.45) is 0. The van der Waals surface area contributed by atoms with Gasteiger partial charge in [-0.1, -0.05) is 0 Å². The third kappa shape index (κ3) is 3.96. The molecule has 0 N–H and O–H groups in total. The molecule has 0 fully saturated rings. The van der Waals surface area contributed by atoms with Gasteiger partial charge in [-0.05, 0) is 34.1 Å². The molecule has 19 heavy (non-hydrogen) atoms. The maximum absolute atomic E-state index is 12.1. The molecule has 0 spiro atoms. The topological polar surface area (TPSA) is 49.9 Å². The number of nitrogens with zero attached hydrogens (tertiary/aromatic N) is 2. The van der Waals surface area contributed by atoms with Crippen LogP contribution in [0.1, 0.15) is 10.4 Å². The number of hydrogen-bond donors (Lipinski definition) is 0. The van der Waals surface area contributed by atoms with Gasteiger partial charge in [-0.2, -0.15) is 0 Å². The van der Waals surface area contributed by atoms with Gasteiger partial charge in [0.25, 0.3) is 5.91 Å². The van der Waals surface area contributed by atoms with Gasteiger partial charge in [0.2, 0.25) is 5.91 Å². The number of amides is 2. The molecule has 0 unspecified atom stereocenters. The maximum Gasteiger partial charge on any atom is 0.254 e. The summed E-state index contributed by atoms with van der Waals surface area (Å²) in [6.45, 7) is 0.0511. The normalized spacial score (nSPS) is 9.95. The summed E-state index contributed by atoms with van der Waals surface area (Å²) in [7, 11) is 6.47. The number of methoxy groups -OCH3 is 1. The quantitative estimate of drug-likeness (QED) is 0.843. The van der Waals surface area contributed by atoms with Gasteiger partial charge in [0.1, 0.15) is 5.75 Å². The maximum atomic E-state index is 12.1. The highest BCUT2D eigenvalue weighted by Crippen LogP contribution is 2.25. The zero-order valence-corrected chi connectivity index (χ0v) is 13.0. The summed E-state index contributed by atoms with van der Waals surface area (Å²) in [5.41, 5.74) is 0.502. The minimum absolute atomic E-state index is 0.0511. The fourth-order valence-corrected chi connectivity index (χ4v) is 1.98. The number of carbonyl (C=O) groups is 2. The number of ether oxygens (including phenoxy) is 1. The lowest BCUT2D eigenvalue weighted by Crippen LogP contribution is -2.37. The van der Waals surface area contributed by atoms with E-state index in [4.69, 9.17) is 4.74 Å². The van der Waals surface area contributed by atoms with Crippen molar-refractivity contribution in [1.29, 1.82) is 0 Å². The second-order valence-electron chi connectivity index (χ2n) is 4.30. The molecule has 0 atom stereocenters. The first-order valence-electron chi connectivity index (χ1n) is 5.66. The van der Waals surface area contributed by atoms with Crippen LogP contribution in [0.3, 0.4) is 0 Å². The molecule has 5 nitrogen and oxygen atoms in total. The van der Waals surface area contributed by atoms with E-state index in [1.807, 2.05) is 0 Å². The molecule has 104 valence electrons. The molecule has 1 aromatic rings. The van der Waals surface area contributed by atoms with E-state index in [0.717, 1.165) is 0 Å². The van der Waals surface area contributed by atoms with E-state index in [-0.39, 0.29) is 18.4 Å². The monoisotopic (exact) mass is 328 g/mol. The van der Waals surface area contributed by atoms with Crippen molar-refractivity contribution in [3.63, 3.8) is 0 Å². The van der Waals surface area contributed by atoms with Crippen LogP contribution >= 0.6 is 15.9 Å². The average molecular weight is 329 g/mol. The molecule has 0 saturated heterocycles. The summed E-state index contributed by atoms with van der Waals surface area (Å²) >= 11 is 3.33. The standard InChI is InChI=1S/C13H17BrN2O3/c1-15(2)12(17)8-16(3)13(18)9-5-6-11(19-4)10(14)7-9/h5-7H,8H2,1-4H3. The van der Waals surface area contributed by atoms with E-state index in [1.165, 1.54) is 9.80 Å². The van der Waals surface area contributed by atoms with Crippen LogP contribution in [0.25, 0.3) is 0 Å². The molecule has 0 saturated carbocycles. The van der Waals surface area contributed by atoms with E-state index in [9.17, 15) is 9.59 Å². The number of rotatable bonds is 4. The Morgan fingerprint density at radius 2 is 1.89 bits per heavy atom. The van der Waals surface area contributed by atoms with Crippen molar-refractivity contribution >= 4 is 27.7 Å². The van der Waals surface area contributed by atoms with Crippen LogP contribution in [0.2, 0.25) is 0 Å². The second-order valence-corrected chi connectivity index (χ2v) is 5.15. The van der Waals surface area contributed by atoms with Crippen LogP contribution in [0.5, 0.6) is 5.75 Å². The third-order valence-electron chi connectivity index (χ3n) is 2.62. The predicted octanol–water partition coefficient (Wildman–Crippen LogP) is 1.62. The van der Waals surface area contributed by atoms with Gasteiger partial charge < -0.3 is 14.5 Å². The molecule has 0 radical (unpaired) electrons. The molecular formula is C13H17BrN2O3. The summed E-state index contributed by atoms with van der Waals surface area (Å²) in [6, 6.07) is 5.05. The molecule has 0 bridgehead atoms. The number of likely N-dealkylation sites (N-methyl/N-ethyl adjacent to an activating group) is 2. The first-order valence-corrected chi connectivity index (χ1v) is 6.45. The van der Waals surface area contributed by atoms with Crippen molar-refractivity contribution < 1.29 is 14.3 Å². The Labute approximate surface area is 121 Å². The summed E-state index contributed by atoms with van der Waals surface area (Å²) in [5.74, 6) is 0.325. The third-order valence-corrected chi connectivity index (χ3v) is 3.24. The van der Waals surface area contributed by atoms with Crippen molar-refractivity contribution in [3.8, 4) is 5.75 Å². The van der Waals surface area contributed by atoms with Crippen LogP contribution in [-0.4, -0.2) is 56.4 Å². The van der Waals surface area contributed by atoms with Crippen molar-refractivity contribution in [2.24, 2.45) is 0 Å². The van der Waals surface area contributed by atoms with Crippen LogP contribution in [0, 0.1) is 0 Å². The zero-order chi connectivity index (χ0) is 14.6. The Morgan fingerprint density at radius 3 is 2.37 bits per heavy atom. The SMILES string of the molecule is COc1ccc(C(=O)N(C)CC(=O)N(C)C)cc1Br. The lowest BCUT2D eigenvalue weighted by Gasteiger charge is -2.19. The fraction of sp³-hybridized carbons (Fsp3) is 0.385. The van der Waals surface area contributed by atoms with Crippen molar-refractivity contribution in [3.05, 3.63) is 28.2 Å². The highest BCUT2D eigenvalue weighted by Gasteiger charge is 2.16. The molecule has 1 rings (SSSR count). The van der Waals surface area contributed by atoms with Crippen molar-refractivity contribution in [2.75, 3.05) is 34.8 Å². The van der Waals surface area contributed by atoms with Crippen molar-refractivity contribution in [2.45, 2.75) is 0 Å². The molecule has 6 heteroatoms. The minimum atomic E-state index is -0.210. The predicted molar refractivity (Wildman–Crippen MR) is 76.3 cm³/mol. The second kappa shape index (κ2) is 6.56. The van der Waals surface area contributed by atoms with Gasteiger partial charge in [0, 0.05) is 26.7 Å². The Bertz CT molecular complexity index is 489. The highest BCUT2D eigenvalue weighted by molar-refractivity contribution is 9.10. The lowest BCUT2D eigenvalue weighted by atomic mass is 10.2. The van der Waals surface area contributed by atoms with Crippen molar-refractivity contribution in [1.82, 2.24) is 9.80 Å². The van der Waals surface area contributed by atoms with E-state index in [2.05, 4.69) is 15.9 Å². The molecule has 0 aliphatic heterocycles. The first kappa shape index (κ1) is 15.5. The Morgan fingerprint density at radius 1 is 1.26 bits per heavy atom. The van der Waals surface area contributed by atoms with E-state index in [0.29, 0.717) is 15.8 Å². The summed E-state index contributed by atoms with van der Waals surface area (Å²) in [4.78, 5) is 26.5. The van der Waals surface area contributed by atoms with Crippen LogP contribution < -0.4 is 4.74 Å². The van der Waals surface area contributed by atoms with Gasteiger partial charge >= 0.3 is 0 Å². The molecule has 0 aliphatic carbocycles. The molecule has 2 amide bonds. The molecule has 1 aromatic carbocycles. The lowest BCUT2D eigenvalue weighted by molar-refractivity contribution is -0.129. The molecule has 0 aromatic heterocycles. The zero-order valence-electron chi connectivity index (χ0n) is 11.4.